The summed E-state index contributed by atoms with van der Waals surface area (Å²) in [6.07, 6.45) is -0.144. The van der Waals surface area contributed by atoms with E-state index in [1.54, 1.807) is 0 Å². The van der Waals surface area contributed by atoms with Gasteiger partial charge in [0.2, 0.25) is 0 Å². The number of hydrogen-bond acceptors (Lipinski definition) is 2. The second-order valence-corrected chi connectivity index (χ2v) is 2.65. The summed E-state index contributed by atoms with van der Waals surface area (Å²) < 4.78 is 23.5. The standard InChI is InChI=1S/C7H9F2NO2/c8-6(9)4-10-3-1-2-5(10)7(11)12/h4-5H,1-3H2,(H,11,12). The number of carboxylic acids is 1. The quantitative estimate of drug-likeness (QED) is 0.690. The van der Waals surface area contributed by atoms with Crippen molar-refractivity contribution in [3.63, 3.8) is 0 Å². The lowest BCUT2D eigenvalue weighted by Crippen LogP contribution is -2.31. The number of carbonyl (C=O) groups is 1. The molecule has 1 saturated heterocycles. The van der Waals surface area contributed by atoms with Crippen LogP contribution in [0.15, 0.2) is 12.3 Å². The van der Waals surface area contributed by atoms with Gasteiger partial charge >= 0.3 is 5.97 Å². The first-order valence-electron chi connectivity index (χ1n) is 3.62. The largest absolute Gasteiger partial charge is 0.480 e. The Hall–Kier alpha value is -1.13. The predicted molar refractivity (Wildman–Crippen MR) is 37.7 cm³/mol. The van der Waals surface area contributed by atoms with Crippen LogP contribution < -0.4 is 0 Å². The van der Waals surface area contributed by atoms with Crippen LogP contribution in [0.1, 0.15) is 12.8 Å². The third kappa shape index (κ3) is 1.93. The summed E-state index contributed by atoms with van der Waals surface area (Å²) in [5, 5.41) is 8.58. The van der Waals surface area contributed by atoms with Crippen LogP contribution in [0.4, 0.5) is 8.78 Å². The SMILES string of the molecule is O=C(O)C1CCCN1C=C(F)F. The van der Waals surface area contributed by atoms with Gasteiger partial charge in [0.05, 0.1) is 6.20 Å². The molecule has 0 bridgehead atoms. The number of likely N-dealkylation sites (tertiary alicyclic amines) is 1. The van der Waals surface area contributed by atoms with Gasteiger partial charge in [-0.25, -0.2) is 4.79 Å². The minimum Gasteiger partial charge on any atom is -0.480 e. The zero-order chi connectivity index (χ0) is 9.14. The van der Waals surface area contributed by atoms with E-state index in [0.717, 1.165) is 4.90 Å². The van der Waals surface area contributed by atoms with Crippen molar-refractivity contribution in [2.75, 3.05) is 6.54 Å². The molecule has 1 unspecified atom stereocenters. The van der Waals surface area contributed by atoms with Crippen LogP contribution in [0, 0.1) is 0 Å². The molecule has 0 amide bonds. The molecule has 0 aliphatic carbocycles. The van der Waals surface area contributed by atoms with Gasteiger partial charge in [-0.05, 0) is 12.8 Å². The van der Waals surface area contributed by atoms with E-state index < -0.39 is 18.1 Å². The number of aliphatic carboxylic acids is 1. The van der Waals surface area contributed by atoms with Crippen LogP contribution in [0.25, 0.3) is 0 Å². The molecule has 3 nitrogen and oxygen atoms in total. The lowest BCUT2D eigenvalue weighted by Gasteiger charge is -2.17. The molecule has 68 valence electrons. The molecule has 0 aromatic heterocycles. The van der Waals surface area contributed by atoms with Crippen molar-refractivity contribution in [2.24, 2.45) is 0 Å². The smallest absolute Gasteiger partial charge is 0.326 e. The van der Waals surface area contributed by atoms with E-state index in [4.69, 9.17) is 5.11 Å². The normalized spacial score (nSPS) is 22.5. The van der Waals surface area contributed by atoms with Gasteiger partial charge in [-0.3, -0.25) is 0 Å². The van der Waals surface area contributed by atoms with Crippen molar-refractivity contribution < 1.29 is 18.7 Å². The second kappa shape index (κ2) is 3.51. The van der Waals surface area contributed by atoms with Gasteiger partial charge < -0.3 is 10.0 Å². The Kier molecular flexibility index (Phi) is 2.62. The van der Waals surface area contributed by atoms with E-state index in [0.29, 0.717) is 25.6 Å². The molecule has 12 heavy (non-hydrogen) atoms. The molecular weight excluding hydrogens is 168 g/mol. The number of nitrogens with zero attached hydrogens (tertiary/aromatic N) is 1. The van der Waals surface area contributed by atoms with Gasteiger partial charge in [0.15, 0.2) is 0 Å². The highest BCUT2D eigenvalue weighted by molar-refractivity contribution is 5.74. The second-order valence-electron chi connectivity index (χ2n) is 2.65. The maximum absolute atomic E-state index is 11.7. The topological polar surface area (TPSA) is 40.5 Å². The van der Waals surface area contributed by atoms with Crippen molar-refractivity contribution >= 4 is 5.97 Å². The van der Waals surface area contributed by atoms with Crippen LogP contribution in [0.3, 0.4) is 0 Å². The highest BCUT2D eigenvalue weighted by Crippen LogP contribution is 2.19. The first-order valence-corrected chi connectivity index (χ1v) is 3.62. The molecule has 1 rings (SSSR count). The van der Waals surface area contributed by atoms with Crippen molar-refractivity contribution in [2.45, 2.75) is 18.9 Å². The lowest BCUT2D eigenvalue weighted by atomic mass is 10.2. The molecular formula is C7H9F2NO2. The summed E-state index contributed by atoms with van der Waals surface area (Å²) in [5.74, 6) is -1.04. The van der Waals surface area contributed by atoms with Crippen molar-refractivity contribution in [1.82, 2.24) is 4.90 Å². The van der Waals surface area contributed by atoms with Crippen molar-refractivity contribution in [3.8, 4) is 0 Å². The molecule has 0 aromatic carbocycles. The third-order valence-corrected chi connectivity index (χ3v) is 1.84. The summed E-state index contributed by atoms with van der Waals surface area (Å²) in [4.78, 5) is 11.6. The molecule has 0 radical (unpaired) electrons. The van der Waals surface area contributed by atoms with Crippen LogP contribution >= 0.6 is 0 Å². The minimum absolute atomic E-state index is 0.397. The summed E-state index contributed by atoms with van der Waals surface area (Å²) in [6, 6.07) is -0.772. The fourth-order valence-electron chi connectivity index (χ4n) is 1.33. The number of halogens is 2. The first kappa shape index (κ1) is 8.96. The van der Waals surface area contributed by atoms with Gasteiger partial charge in [-0.2, -0.15) is 8.78 Å². The zero-order valence-electron chi connectivity index (χ0n) is 6.33. The van der Waals surface area contributed by atoms with Gasteiger partial charge in [0.1, 0.15) is 6.04 Å². The number of carboxylic acid groups (broad SMARTS) is 1. The average Bonchev–Trinajstić information content (AvgIpc) is 2.33. The summed E-state index contributed by atoms with van der Waals surface area (Å²) >= 11 is 0. The van der Waals surface area contributed by atoms with E-state index in [9.17, 15) is 13.6 Å². The van der Waals surface area contributed by atoms with Crippen LogP contribution in [-0.2, 0) is 4.79 Å². The Labute approximate surface area is 68.3 Å². The Bertz CT molecular complexity index is 213. The maximum Gasteiger partial charge on any atom is 0.326 e. The minimum atomic E-state index is -1.84. The molecule has 0 aromatic rings. The molecule has 1 heterocycles. The average molecular weight is 177 g/mol. The van der Waals surface area contributed by atoms with Crippen LogP contribution in [0.5, 0.6) is 0 Å². The Balaban J connectivity index is 2.64. The van der Waals surface area contributed by atoms with Gasteiger partial charge in [-0.15, -0.1) is 0 Å². The fourth-order valence-corrected chi connectivity index (χ4v) is 1.33. The van der Waals surface area contributed by atoms with Gasteiger partial charge in [0, 0.05) is 6.54 Å². The summed E-state index contributed by atoms with van der Waals surface area (Å²) in [5.41, 5.74) is 0. The fraction of sp³-hybridized carbons (Fsp3) is 0.571. The van der Waals surface area contributed by atoms with Gasteiger partial charge in [-0.1, -0.05) is 0 Å². The van der Waals surface area contributed by atoms with Crippen LogP contribution in [0.2, 0.25) is 0 Å². The maximum atomic E-state index is 11.7. The van der Waals surface area contributed by atoms with E-state index in [2.05, 4.69) is 0 Å². The molecule has 1 aliphatic heterocycles. The zero-order valence-corrected chi connectivity index (χ0v) is 6.33. The highest BCUT2D eigenvalue weighted by atomic mass is 19.3. The first-order chi connectivity index (χ1) is 5.61. The molecule has 1 N–H and O–H groups in total. The molecule has 1 aliphatic rings. The van der Waals surface area contributed by atoms with Crippen LogP contribution in [-0.4, -0.2) is 28.6 Å². The van der Waals surface area contributed by atoms with E-state index in [1.165, 1.54) is 0 Å². The predicted octanol–water partition coefficient (Wildman–Crippen LogP) is 1.27. The van der Waals surface area contributed by atoms with Crippen molar-refractivity contribution in [3.05, 3.63) is 12.3 Å². The van der Waals surface area contributed by atoms with Crippen molar-refractivity contribution in [1.29, 1.82) is 0 Å². The monoisotopic (exact) mass is 177 g/mol. The molecule has 1 atom stereocenters. The van der Waals surface area contributed by atoms with E-state index >= 15 is 0 Å². The molecule has 5 heteroatoms. The summed E-state index contributed by atoms with van der Waals surface area (Å²) in [7, 11) is 0. The summed E-state index contributed by atoms with van der Waals surface area (Å²) in [6.45, 7) is 0.397. The highest BCUT2D eigenvalue weighted by Gasteiger charge is 2.28. The Morgan fingerprint density at radius 2 is 2.25 bits per heavy atom. The number of rotatable bonds is 2. The van der Waals surface area contributed by atoms with Gasteiger partial charge in [0.25, 0.3) is 6.08 Å². The Morgan fingerprint density at radius 3 is 2.75 bits per heavy atom. The molecule has 0 spiro atoms. The van der Waals surface area contributed by atoms with E-state index in [1.807, 2.05) is 0 Å². The lowest BCUT2D eigenvalue weighted by molar-refractivity contribution is -0.141. The van der Waals surface area contributed by atoms with E-state index in [-0.39, 0.29) is 0 Å². The number of hydrogen-bond donors (Lipinski definition) is 1. The molecule has 0 saturated carbocycles. The Morgan fingerprint density at radius 1 is 1.58 bits per heavy atom. The third-order valence-electron chi connectivity index (χ3n) is 1.84. The molecule has 1 fully saturated rings.